The lowest BCUT2D eigenvalue weighted by atomic mass is 10.3. The molecule has 0 fully saturated rings. The molecule has 0 radical (unpaired) electrons. The van der Waals surface area contributed by atoms with Crippen molar-refractivity contribution < 1.29 is 18.0 Å². The number of rotatable bonds is 1. The molecule has 0 unspecified atom stereocenters. The van der Waals surface area contributed by atoms with E-state index in [2.05, 4.69) is 25.3 Å². The number of Topliss-reactive ketones (excluding diaryl/α,β-unsaturated/α-hetero) is 1. The smallest absolute Gasteiger partial charge is 0.287 e. The van der Waals surface area contributed by atoms with Crippen LogP contribution in [0.2, 0.25) is 0 Å². The number of thiol groups is 2. The third kappa shape index (κ3) is 2.83. The highest BCUT2D eigenvalue weighted by Crippen LogP contribution is 2.29. The molecule has 0 aliphatic carbocycles. The van der Waals surface area contributed by atoms with E-state index in [0.29, 0.717) is 0 Å². The Bertz CT molecular complexity index is 130. The quantitative estimate of drug-likeness (QED) is 0.475. The van der Waals surface area contributed by atoms with E-state index in [1.807, 2.05) is 0 Å². The molecular formula is C4H5F3OS2. The van der Waals surface area contributed by atoms with Gasteiger partial charge in [-0.3, -0.25) is 4.79 Å². The molecule has 0 saturated carbocycles. The van der Waals surface area contributed by atoms with E-state index in [1.165, 1.54) is 0 Å². The van der Waals surface area contributed by atoms with Crippen LogP contribution < -0.4 is 0 Å². The maximum Gasteiger partial charge on any atom is 0.452 e. The molecule has 0 aromatic heterocycles. The number of hydrogen-bond acceptors (Lipinski definition) is 3. The first-order chi connectivity index (χ1) is 4.15. The molecule has 1 nitrogen and oxygen atoms in total. The zero-order valence-electron chi connectivity index (χ0n) is 4.94. The average Bonchev–Trinajstić information content (AvgIpc) is 1.59. The summed E-state index contributed by atoms with van der Waals surface area (Å²) < 4.78 is 32.6. The summed E-state index contributed by atoms with van der Waals surface area (Å²) in [6.07, 6.45) is -4.85. The fraction of sp³-hybridized carbons (Fsp3) is 0.750. The van der Waals surface area contributed by atoms with Gasteiger partial charge < -0.3 is 0 Å². The highest BCUT2D eigenvalue weighted by molar-refractivity contribution is 8.01. The van der Waals surface area contributed by atoms with Crippen molar-refractivity contribution in [1.29, 1.82) is 0 Å². The molecule has 6 heteroatoms. The Morgan fingerprint density at radius 2 is 1.60 bits per heavy atom. The summed E-state index contributed by atoms with van der Waals surface area (Å²) in [4.78, 5) is 10.2. The van der Waals surface area contributed by atoms with Gasteiger partial charge in [0.2, 0.25) is 0 Å². The topological polar surface area (TPSA) is 17.1 Å². The van der Waals surface area contributed by atoms with E-state index in [4.69, 9.17) is 0 Å². The molecule has 0 aromatic rings. The molecule has 0 aliphatic rings. The van der Waals surface area contributed by atoms with Gasteiger partial charge in [0.1, 0.15) is 4.08 Å². The van der Waals surface area contributed by atoms with Gasteiger partial charge >= 0.3 is 6.18 Å². The Labute approximate surface area is 66.8 Å². The van der Waals surface area contributed by atoms with E-state index in [-0.39, 0.29) is 0 Å². The summed E-state index contributed by atoms with van der Waals surface area (Å²) in [5.41, 5.74) is 0. The minimum atomic E-state index is -4.85. The summed E-state index contributed by atoms with van der Waals surface area (Å²) in [6, 6.07) is 0. The van der Waals surface area contributed by atoms with E-state index in [9.17, 15) is 18.0 Å². The molecule has 0 amide bonds. The second kappa shape index (κ2) is 2.65. The third-order valence-electron chi connectivity index (χ3n) is 0.688. The standard InChI is InChI=1S/C4H5F3OS2/c1-3(9,10)2(8)4(5,6)7/h9-10H,1H3. The molecule has 0 aromatic carbocycles. The molecule has 0 rings (SSSR count). The van der Waals surface area contributed by atoms with Gasteiger partial charge in [0.25, 0.3) is 5.78 Å². The van der Waals surface area contributed by atoms with Crippen LogP contribution in [-0.4, -0.2) is 16.0 Å². The van der Waals surface area contributed by atoms with Crippen LogP contribution in [0.3, 0.4) is 0 Å². The van der Waals surface area contributed by atoms with Crippen molar-refractivity contribution in [1.82, 2.24) is 0 Å². The molecule has 0 aliphatic heterocycles. The van der Waals surface area contributed by atoms with E-state index in [1.54, 1.807) is 0 Å². The van der Waals surface area contributed by atoms with Crippen LogP contribution >= 0.6 is 25.3 Å². The van der Waals surface area contributed by atoms with Crippen LogP contribution in [0, 0.1) is 0 Å². The normalized spacial score (nSPS) is 13.4. The highest BCUT2D eigenvalue weighted by atomic mass is 32.2. The first kappa shape index (κ1) is 10.2. The van der Waals surface area contributed by atoms with E-state index < -0.39 is 16.0 Å². The maximum absolute atomic E-state index is 11.5. The van der Waals surface area contributed by atoms with Gasteiger partial charge in [-0.1, -0.05) is 0 Å². The van der Waals surface area contributed by atoms with Gasteiger partial charge in [0, 0.05) is 0 Å². The number of halogens is 3. The van der Waals surface area contributed by atoms with Gasteiger partial charge in [-0.15, -0.1) is 0 Å². The predicted molar refractivity (Wildman–Crippen MR) is 37.4 cm³/mol. The Balaban J connectivity index is 4.40. The van der Waals surface area contributed by atoms with Crippen molar-refractivity contribution in [3.8, 4) is 0 Å². The number of alkyl halides is 3. The number of carbonyl (C=O) groups is 1. The predicted octanol–water partition coefficient (Wildman–Crippen LogP) is 1.69. The van der Waals surface area contributed by atoms with Crippen LogP contribution in [-0.2, 0) is 4.79 Å². The molecule has 60 valence electrons. The highest BCUT2D eigenvalue weighted by Gasteiger charge is 2.46. The number of carbonyl (C=O) groups excluding carboxylic acids is 1. The zero-order chi connectivity index (χ0) is 8.58. The molecular weight excluding hydrogens is 185 g/mol. The summed E-state index contributed by atoms with van der Waals surface area (Å²) in [5.74, 6) is -1.95. The Morgan fingerprint density at radius 1 is 1.30 bits per heavy atom. The van der Waals surface area contributed by atoms with Crippen LogP contribution in [0.4, 0.5) is 13.2 Å². The molecule has 0 N–H and O–H groups in total. The van der Waals surface area contributed by atoms with Crippen molar-refractivity contribution in [2.24, 2.45) is 0 Å². The number of hydrogen-bond donors (Lipinski definition) is 2. The summed E-state index contributed by atoms with van der Waals surface area (Å²) in [5, 5.41) is 0. The van der Waals surface area contributed by atoms with Gasteiger partial charge in [-0.05, 0) is 6.92 Å². The molecule has 0 atom stereocenters. The minimum Gasteiger partial charge on any atom is -0.287 e. The third-order valence-corrected chi connectivity index (χ3v) is 1.09. The van der Waals surface area contributed by atoms with Crippen molar-refractivity contribution >= 4 is 31.0 Å². The molecule has 0 spiro atoms. The lowest BCUT2D eigenvalue weighted by molar-refractivity contribution is -0.170. The zero-order valence-corrected chi connectivity index (χ0v) is 6.73. The fourth-order valence-corrected chi connectivity index (χ4v) is 0.522. The maximum atomic E-state index is 11.5. The van der Waals surface area contributed by atoms with Crippen LogP contribution in [0.1, 0.15) is 6.92 Å². The van der Waals surface area contributed by atoms with Crippen molar-refractivity contribution in [2.45, 2.75) is 17.2 Å². The van der Waals surface area contributed by atoms with Gasteiger partial charge in [-0.2, -0.15) is 38.4 Å². The van der Waals surface area contributed by atoms with Crippen molar-refractivity contribution in [2.75, 3.05) is 0 Å². The fourth-order valence-electron chi connectivity index (χ4n) is 0.269. The molecule has 0 bridgehead atoms. The minimum absolute atomic E-state index is 0.967. The second-order valence-electron chi connectivity index (χ2n) is 1.85. The Hall–Kier alpha value is 0.160. The van der Waals surface area contributed by atoms with Crippen LogP contribution in [0.25, 0.3) is 0 Å². The SMILES string of the molecule is CC(S)(S)C(=O)C(F)(F)F. The first-order valence-corrected chi connectivity index (χ1v) is 3.11. The summed E-state index contributed by atoms with van der Waals surface area (Å²) in [7, 11) is 0. The number of ketones is 1. The Kier molecular flexibility index (Phi) is 2.70. The van der Waals surface area contributed by atoms with Gasteiger partial charge in [-0.25, -0.2) is 0 Å². The van der Waals surface area contributed by atoms with Gasteiger partial charge in [0.05, 0.1) is 0 Å². The van der Waals surface area contributed by atoms with Crippen molar-refractivity contribution in [3.05, 3.63) is 0 Å². The molecule has 10 heavy (non-hydrogen) atoms. The second-order valence-corrected chi connectivity index (χ2v) is 3.99. The lowest BCUT2D eigenvalue weighted by Crippen LogP contribution is -2.36. The monoisotopic (exact) mass is 190 g/mol. The van der Waals surface area contributed by atoms with Crippen molar-refractivity contribution in [3.63, 3.8) is 0 Å². The summed E-state index contributed by atoms with van der Waals surface area (Å²) >= 11 is 6.68. The largest absolute Gasteiger partial charge is 0.452 e. The van der Waals surface area contributed by atoms with Gasteiger partial charge in [0.15, 0.2) is 0 Å². The van der Waals surface area contributed by atoms with Crippen LogP contribution in [0.15, 0.2) is 0 Å². The first-order valence-electron chi connectivity index (χ1n) is 2.22. The van der Waals surface area contributed by atoms with Crippen LogP contribution in [0.5, 0.6) is 0 Å². The molecule has 0 saturated heterocycles. The average molecular weight is 190 g/mol. The lowest BCUT2D eigenvalue weighted by Gasteiger charge is -2.15. The van der Waals surface area contributed by atoms with E-state index in [0.717, 1.165) is 6.92 Å². The van der Waals surface area contributed by atoms with E-state index >= 15 is 0 Å². The molecule has 0 heterocycles. The summed E-state index contributed by atoms with van der Waals surface area (Å²) in [6.45, 7) is 0.967. The Morgan fingerprint density at radius 3 is 1.60 bits per heavy atom.